The molecule has 0 fully saturated rings. The van der Waals surface area contributed by atoms with Gasteiger partial charge in [0.2, 0.25) is 11.8 Å². The third kappa shape index (κ3) is 24.2. The molecule has 0 heterocycles. The summed E-state index contributed by atoms with van der Waals surface area (Å²) in [5.74, 6) is -6.92. The van der Waals surface area contributed by atoms with Crippen LogP contribution in [0.25, 0.3) is 0 Å². The number of hydrogen-bond donors (Lipinski definition) is 2. The Bertz CT molecular complexity index is 1760. The molecule has 0 spiro atoms. The van der Waals surface area contributed by atoms with Crippen LogP contribution in [-0.4, -0.2) is 91.7 Å². The SMILES string of the molecule is COCCOCCCC(=O)[C@@H](CCC(=O)OCc1ccccc1)NC(=O)[C@H](CCC(=O)OCc1ccccc1)CC(=O)[C@@H](CC(C)C)NC(=O)[C@@H](CC(C)=O)CC(=O)OC(C)(C)C. The number of hydrogen-bond acceptors (Lipinski definition) is 13. The van der Waals surface area contributed by atoms with Crippen LogP contribution in [0.15, 0.2) is 60.7 Å². The molecule has 2 aromatic carbocycles. The third-order valence-corrected chi connectivity index (χ3v) is 9.64. The monoisotopic (exact) mass is 880 g/mol. The van der Waals surface area contributed by atoms with Gasteiger partial charge in [-0.3, -0.25) is 33.6 Å². The van der Waals surface area contributed by atoms with Crippen molar-refractivity contribution in [1.82, 2.24) is 10.6 Å². The second-order valence-electron chi connectivity index (χ2n) is 17.1. The lowest BCUT2D eigenvalue weighted by molar-refractivity contribution is -0.157. The lowest BCUT2D eigenvalue weighted by Crippen LogP contribution is -2.48. The molecule has 0 bridgehead atoms. The van der Waals surface area contributed by atoms with E-state index in [9.17, 15) is 38.4 Å². The Morgan fingerprint density at radius 2 is 1.14 bits per heavy atom. The molecule has 15 nitrogen and oxygen atoms in total. The second kappa shape index (κ2) is 29.2. The van der Waals surface area contributed by atoms with E-state index < -0.39 is 77.9 Å². The summed E-state index contributed by atoms with van der Waals surface area (Å²) >= 11 is 0. The van der Waals surface area contributed by atoms with Crippen LogP contribution in [0.5, 0.6) is 0 Å². The van der Waals surface area contributed by atoms with Gasteiger partial charge >= 0.3 is 17.9 Å². The molecule has 2 amide bonds. The Balaban J connectivity index is 2.35. The van der Waals surface area contributed by atoms with Crippen LogP contribution < -0.4 is 10.6 Å². The van der Waals surface area contributed by atoms with Crippen LogP contribution in [0, 0.1) is 17.8 Å². The second-order valence-corrected chi connectivity index (χ2v) is 17.1. The van der Waals surface area contributed by atoms with E-state index in [0.29, 0.717) is 19.6 Å². The lowest BCUT2D eigenvalue weighted by Gasteiger charge is -2.26. The van der Waals surface area contributed by atoms with Crippen LogP contribution in [-0.2, 0) is 75.3 Å². The van der Waals surface area contributed by atoms with Gasteiger partial charge in [0, 0.05) is 51.7 Å². The van der Waals surface area contributed by atoms with E-state index in [4.69, 9.17) is 23.7 Å². The molecule has 2 aromatic rings. The minimum Gasteiger partial charge on any atom is -0.461 e. The number of rotatable bonds is 31. The van der Waals surface area contributed by atoms with E-state index in [1.165, 1.54) is 6.92 Å². The third-order valence-electron chi connectivity index (χ3n) is 9.64. The normalized spacial score (nSPS) is 13.2. The number of methoxy groups -OCH3 is 1. The number of Topliss-reactive ketones (excluding diaryl/α,β-unsaturated/α-hetero) is 3. The topological polar surface area (TPSA) is 207 Å². The molecular weight excluding hydrogens is 813 g/mol. The van der Waals surface area contributed by atoms with Crippen molar-refractivity contribution in [3.05, 3.63) is 71.8 Å². The molecule has 4 atom stereocenters. The minimum atomic E-state index is -1.17. The van der Waals surface area contributed by atoms with E-state index in [1.54, 1.807) is 64.3 Å². The molecule has 0 radical (unpaired) electrons. The Labute approximate surface area is 372 Å². The molecule has 0 aromatic heterocycles. The highest BCUT2D eigenvalue weighted by Crippen LogP contribution is 2.21. The number of ether oxygens (including phenoxy) is 5. The summed E-state index contributed by atoms with van der Waals surface area (Å²) in [6.45, 7) is 11.0. The fourth-order valence-electron chi connectivity index (χ4n) is 6.48. The summed E-state index contributed by atoms with van der Waals surface area (Å²) in [5, 5.41) is 5.49. The van der Waals surface area contributed by atoms with Crippen molar-refractivity contribution < 1.29 is 62.0 Å². The van der Waals surface area contributed by atoms with Gasteiger partial charge in [-0.2, -0.15) is 0 Å². The maximum Gasteiger partial charge on any atom is 0.307 e. The van der Waals surface area contributed by atoms with Crippen LogP contribution in [0.2, 0.25) is 0 Å². The van der Waals surface area contributed by atoms with Gasteiger partial charge in [-0.05, 0) is 70.4 Å². The summed E-state index contributed by atoms with van der Waals surface area (Å²) in [6.07, 6.45) is -1.28. The smallest absolute Gasteiger partial charge is 0.307 e. The number of amides is 2. The molecule has 348 valence electrons. The lowest BCUT2D eigenvalue weighted by atomic mass is 9.89. The number of benzene rings is 2. The Kier molecular flexibility index (Phi) is 24.9. The van der Waals surface area contributed by atoms with E-state index in [2.05, 4.69) is 10.6 Å². The Hall–Kier alpha value is -5.28. The molecule has 0 unspecified atom stereocenters. The van der Waals surface area contributed by atoms with E-state index in [1.807, 2.05) is 38.1 Å². The van der Waals surface area contributed by atoms with Crippen LogP contribution in [0.4, 0.5) is 0 Å². The Morgan fingerprint density at radius 3 is 1.67 bits per heavy atom. The van der Waals surface area contributed by atoms with Crippen LogP contribution >= 0.6 is 0 Å². The van der Waals surface area contributed by atoms with E-state index in [-0.39, 0.29) is 82.3 Å². The zero-order valence-electron chi connectivity index (χ0n) is 38.1. The molecule has 0 aliphatic rings. The number of carbonyl (C=O) groups excluding carboxylic acids is 8. The van der Waals surface area contributed by atoms with Gasteiger partial charge in [0.25, 0.3) is 0 Å². The molecule has 63 heavy (non-hydrogen) atoms. The first-order chi connectivity index (χ1) is 29.9. The molecule has 2 rings (SSSR count). The van der Waals surface area contributed by atoms with Crippen molar-refractivity contribution in [3.8, 4) is 0 Å². The van der Waals surface area contributed by atoms with Gasteiger partial charge < -0.3 is 39.1 Å². The summed E-state index contributed by atoms with van der Waals surface area (Å²) in [5.41, 5.74) is 0.700. The fraction of sp³-hybridized carbons (Fsp3) is 0.583. The van der Waals surface area contributed by atoms with Crippen molar-refractivity contribution in [2.45, 2.75) is 137 Å². The minimum absolute atomic E-state index is 0.00514. The molecule has 0 aliphatic carbocycles. The summed E-state index contributed by atoms with van der Waals surface area (Å²) in [7, 11) is 1.54. The average Bonchev–Trinajstić information content (AvgIpc) is 3.22. The number of carbonyl (C=O) groups is 8. The zero-order valence-corrected chi connectivity index (χ0v) is 38.1. The first-order valence-corrected chi connectivity index (χ1v) is 21.7. The summed E-state index contributed by atoms with van der Waals surface area (Å²) < 4.78 is 26.8. The first-order valence-electron chi connectivity index (χ1n) is 21.7. The van der Waals surface area contributed by atoms with Gasteiger partial charge in [-0.25, -0.2) is 0 Å². The predicted octanol–water partition coefficient (Wildman–Crippen LogP) is 5.96. The van der Waals surface area contributed by atoms with Gasteiger partial charge in [0.15, 0.2) is 11.6 Å². The van der Waals surface area contributed by atoms with Gasteiger partial charge in [-0.1, -0.05) is 74.5 Å². The van der Waals surface area contributed by atoms with Crippen molar-refractivity contribution >= 4 is 47.1 Å². The van der Waals surface area contributed by atoms with Crippen LogP contribution in [0.1, 0.15) is 117 Å². The number of ketones is 3. The van der Waals surface area contributed by atoms with Crippen LogP contribution in [0.3, 0.4) is 0 Å². The molecular formula is C48H68N2O13. The highest BCUT2D eigenvalue weighted by molar-refractivity contribution is 5.96. The maximum atomic E-state index is 14.2. The average molecular weight is 881 g/mol. The highest BCUT2D eigenvalue weighted by Gasteiger charge is 2.34. The summed E-state index contributed by atoms with van der Waals surface area (Å²) in [6, 6.07) is 15.8. The van der Waals surface area contributed by atoms with E-state index in [0.717, 1.165) is 11.1 Å². The number of esters is 3. The molecule has 15 heteroatoms. The van der Waals surface area contributed by atoms with Gasteiger partial charge in [0.05, 0.1) is 37.6 Å². The fourth-order valence-corrected chi connectivity index (χ4v) is 6.48. The van der Waals surface area contributed by atoms with E-state index >= 15 is 0 Å². The zero-order chi connectivity index (χ0) is 46.8. The summed E-state index contributed by atoms with van der Waals surface area (Å²) in [4.78, 5) is 106. The van der Waals surface area contributed by atoms with Crippen molar-refractivity contribution in [2.75, 3.05) is 26.9 Å². The van der Waals surface area contributed by atoms with Gasteiger partial charge in [-0.15, -0.1) is 0 Å². The molecule has 0 aliphatic heterocycles. The quantitative estimate of drug-likeness (QED) is 0.0510. The van der Waals surface area contributed by atoms with Gasteiger partial charge in [0.1, 0.15) is 24.6 Å². The Morgan fingerprint density at radius 1 is 0.603 bits per heavy atom. The standard InChI is InChI=1S/C48H68N2O13/c1-33(2)27-40(50-47(58)38(28-34(3)51)30-45(56)63-48(4,5)6)42(53)29-37(20-22-43(54)61-31-35-15-10-8-11-16-35)46(57)49-39(41(52)19-14-24-60-26-25-59-7)21-23-44(55)62-32-36-17-12-9-13-18-36/h8-13,15-18,33,37-40H,14,19-32H2,1-7H3,(H,49,57)(H,50,58)/t37-,38+,39-,40-/m1/s1. The van der Waals surface area contributed by atoms with Crippen molar-refractivity contribution in [2.24, 2.45) is 17.8 Å². The maximum absolute atomic E-state index is 14.2. The van der Waals surface area contributed by atoms with Crippen molar-refractivity contribution in [3.63, 3.8) is 0 Å². The largest absolute Gasteiger partial charge is 0.461 e. The predicted molar refractivity (Wildman–Crippen MR) is 234 cm³/mol. The first kappa shape index (κ1) is 53.9. The molecule has 0 saturated heterocycles. The van der Waals surface area contributed by atoms with Crippen molar-refractivity contribution in [1.29, 1.82) is 0 Å². The molecule has 0 saturated carbocycles. The highest BCUT2D eigenvalue weighted by atomic mass is 16.6. The number of nitrogens with one attached hydrogen (secondary N) is 2. The molecule has 2 N–H and O–H groups in total.